The van der Waals surface area contributed by atoms with Crippen LogP contribution < -0.4 is 5.73 Å². The molecule has 0 aliphatic rings. The van der Waals surface area contributed by atoms with Gasteiger partial charge in [-0.15, -0.1) is 0 Å². The van der Waals surface area contributed by atoms with Crippen molar-refractivity contribution in [1.29, 1.82) is 5.26 Å². The maximum absolute atomic E-state index is 7.75. The summed E-state index contributed by atoms with van der Waals surface area (Å²) in [5, 5.41) is 22.6. The molecule has 0 saturated carbocycles. The molecular weight excluding hydrogens is 108 g/mol. The third kappa shape index (κ3) is 54.6. The Morgan fingerprint density at radius 3 is 1.75 bits per heavy atom. The van der Waals surface area contributed by atoms with Gasteiger partial charge in [-0.25, -0.2) is 0 Å². The fraction of sp³-hybridized carbons (Fsp3) is 0.750. The van der Waals surface area contributed by atoms with E-state index in [1.54, 1.807) is 0 Å². The first-order chi connectivity index (χ1) is 3.83. The highest BCUT2D eigenvalue weighted by Crippen LogP contribution is 1.34. The molecule has 4 heteroatoms. The van der Waals surface area contributed by atoms with Crippen LogP contribution in [0.1, 0.15) is 0 Å². The van der Waals surface area contributed by atoms with Gasteiger partial charge in [0.1, 0.15) is 6.61 Å². The molecule has 0 aliphatic carbocycles. The maximum atomic E-state index is 7.75. The van der Waals surface area contributed by atoms with Crippen molar-refractivity contribution in [1.82, 2.24) is 0 Å². The smallest absolute Gasteiger partial charge is 0.130 e. The lowest BCUT2D eigenvalue weighted by atomic mass is 10.8. The van der Waals surface area contributed by atoms with Crippen LogP contribution in [0.4, 0.5) is 0 Å². The van der Waals surface area contributed by atoms with E-state index in [4.69, 9.17) is 21.2 Å². The standard InChI is InChI=1S/C2H7NO.C2H3NO/c2*3-1-2-4/h4H,1-3H2;4H,2H2. The average Bonchev–Trinajstić information content (AvgIpc) is 1.88. The largest absolute Gasteiger partial charge is 0.395 e. The lowest BCUT2D eigenvalue weighted by Gasteiger charge is -1.71. The SMILES string of the molecule is N#CCO.NCCO. The lowest BCUT2D eigenvalue weighted by molar-refractivity contribution is 0.306. The minimum atomic E-state index is -0.375. The topological polar surface area (TPSA) is 90.3 Å². The summed E-state index contributed by atoms with van der Waals surface area (Å²) in [7, 11) is 0. The van der Waals surface area contributed by atoms with Gasteiger partial charge in [0.05, 0.1) is 12.7 Å². The fourth-order valence-electron chi connectivity index (χ4n) is 0. The number of hydrogen-bond acceptors (Lipinski definition) is 4. The zero-order chi connectivity index (χ0) is 6.83. The van der Waals surface area contributed by atoms with Gasteiger partial charge in [-0.1, -0.05) is 0 Å². The number of rotatable bonds is 1. The molecule has 0 aromatic rings. The van der Waals surface area contributed by atoms with Gasteiger partial charge >= 0.3 is 0 Å². The van der Waals surface area contributed by atoms with Crippen LogP contribution in [-0.4, -0.2) is 30.0 Å². The van der Waals surface area contributed by atoms with E-state index in [1.807, 2.05) is 0 Å². The van der Waals surface area contributed by atoms with Gasteiger partial charge in [0.25, 0.3) is 0 Å². The molecule has 0 unspecified atom stereocenters. The predicted molar refractivity (Wildman–Crippen MR) is 28.8 cm³/mol. The monoisotopic (exact) mass is 118 g/mol. The number of aliphatic hydroxyl groups is 2. The predicted octanol–water partition coefficient (Wildman–Crippen LogP) is -1.56. The third-order valence-corrected chi connectivity index (χ3v) is 0.200. The van der Waals surface area contributed by atoms with Gasteiger partial charge in [-0.2, -0.15) is 5.26 Å². The number of aliphatic hydroxyl groups excluding tert-OH is 2. The Balaban J connectivity index is 0. The Bertz CT molecular complexity index is 57.5. The van der Waals surface area contributed by atoms with Crippen molar-refractivity contribution in [2.75, 3.05) is 19.8 Å². The highest BCUT2D eigenvalue weighted by atomic mass is 16.3. The molecule has 0 fully saturated rings. The van der Waals surface area contributed by atoms with Crippen molar-refractivity contribution in [2.24, 2.45) is 5.73 Å². The highest BCUT2D eigenvalue weighted by molar-refractivity contribution is 4.63. The molecule has 4 nitrogen and oxygen atoms in total. The summed E-state index contributed by atoms with van der Waals surface area (Å²) >= 11 is 0. The molecule has 0 atom stereocenters. The van der Waals surface area contributed by atoms with Crippen molar-refractivity contribution < 1.29 is 10.2 Å². The summed E-state index contributed by atoms with van der Waals surface area (Å²) in [6.45, 7) is 0.0972. The van der Waals surface area contributed by atoms with Gasteiger partial charge in [0.2, 0.25) is 0 Å². The molecule has 0 heterocycles. The first-order valence-corrected chi connectivity index (χ1v) is 2.12. The summed E-state index contributed by atoms with van der Waals surface area (Å²) in [4.78, 5) is 0. The second kappa shape index (κ2) is 16.2. The molecule has 0 aliphatic heterocycles. The number of nitrogens with two attached hydrogens (primary N) is 1. The van der Waals surface area contributed by atoms with Gasteiger partial charge < -0.3 is 15.9 Å². The molecule has 48 valence electrons. The molecule has 0 amide bonds. The number of nitrogens with zero attached hydrogens (tertiary/aromatic N) is 1. The van der Waals surface area contributed by atoms with Crippen LogP contribution in [0.25, 0.3) is 0 Å². The van der Waals surface area contributed by atoms with Crippen molar-refractivity contribution in [2.45, 2.75) is 0 Å². The Morgan fingerprint density at radius 1 is 1.50 bits per heavy atom. The molecular formula is C4H10N2O2. The molecule has 4 N–H and O–H groups in total. The average molecular weight is 118 g/mol. The minimum Gasteiger partial charge on any atom is -0.395 e. The Kier molecular flexibility index (Phi) is 21.0. The summed E-state index contributed by atoms with van der Waals surface area (Å²) in [5.41, 5.74) is 4.78. The maximum Gasteiger partial charge on any atom is 0.130 e. The normalized spacial score (nSPS) is 6.25. The van der Waals surface area contributed by atoms with Gasteiger partial charge in [0, 0.05) is 6.54 Å². The van der Waals surface area contributed by atoms with Gasteiger partial charge in [0.15, 0.2) is 0 Å². The summed E-state index contributed by atoms with van der Waals surface area (Å²) < 4.78 is 0. The first kappa shape index (κ1) is 10.4. The van der Waals surface area contributed by atoms with Crippen molar-refractivity contribution >= 4 is 0 Å². The van der Waals surface area contributed by atoms with Crippen LogP contribution in [0.2, 0.25) is 0 Å². The van der Waals surface area contributed by atoms with E-state index in [0.717, 1.165) is 0 Å². The quantitative estimate of drug-likeness (QED) is 0.363. The van der Waals surface area contributed by atoms with Gasteiger partial charge in [-0.05, 0) is 0 Å². The molecule has 0 bridgehead atoms. The van der Waals surface area contributed by atoms with Crippen molar-refractivity contribution in [3.05, 3.63) is 0 Å². The van der Waals surface area contributed by atoms with Crippen LogP contribution in [0.15, 0.2) is 0 Å². The third-order valence-electron chi connectivity index (χ3n) is 0.200. The van der Waals surface area contributed by atoms with E-state index < -0.39 is 0 Å². The second-order valence-corrected chi connectivity index (χ2v) is 0.829. The van der Waals surface area contributed by atoms with E-state index in [1.165, 1.54) is 6.07 Å². The molecule has 0 aromatic carbocycles. The van der Waals surface area contributed by atoms with Crippen LogP contribution in [0, 0.1) is 11.3 Å². The van der Waals surface area contributed by atoms with Crippen molar-refractivity contribution in [3.8, 4) is 6.07 Å². The van der Waals surface area contributed by atoms with E-state index in [2.05, 4.69) is 0 Å². The molecule has 0 aromatic heterocycles. The summed E-state index contributed by atoms with van der Waals surface area (Å²) in [5.74, 6) is 0. The Hall–Kier alpha value is -0.630. The Labute approximate surface area is 48.2 Å². The summed E-state index contributed by atoms with van der Waals surface area (Å²) in [6, 6.07) is 1.49. The molecule has 8 heavy (non-hydrogen) atoms. The second-order valence-electron chi connectivity index (χ2n) is 0.829. The van der Waals surface area contributed by atoms with E-state index in [0.29, 0.717) is 6.54 Å². The van der Waals surface area contributed by atoms with Crippen molar-refractivity contribution in [3.63, 3.8) is 0 Å². The van der Waals surface area contributed by atoms with Crippen LogP contribution >= 0.6 is 0 Å². The molecule has 0 saturated heterocycles. The van der Waals surface area contributed by atoms with Crippen LogP contribution in [-0.2, 0) is 0 Å². The summed E-state index contributed by atoms with van der Waals surface area (Å²) in [6.07, 6.45) is 0. The van der Waals surface area contributed by atoms with Crippen LogP contribution in [0.5, 0.6) is 0 Å². The minimum absolute atomic E-state index is 0.0972. The first-order valence-electron chi connectivity index (χ1n) is 2.12. The fourth-order valence-corrected chi connectivity index (χ4v) is 0. The zero-order valence-corrected chi connectivity index (χ0v) is 4.54. The van der Waals surface area contributed by atoms with E-state index in [-0.39, 0.29) is 13.2 Å². The van der Waals surface area contributed by atoms with Crippen LogP contribution in [0.3, 0.4) is 0 Å². The lowest BCUT2D eigenvalue weighted by Crippen LogP contribution is -2.02. The van der Waals surface area contributed by atoms with E-state index >= 15 is 0 Å². The Morgan fingerprint density at radius 2 is 1.75 bits per heavy atom. The highest BCUT2D eigenvalue weighted by Gasteiger charge is 1.56. The molecule has 0 radical (unpaired) electrons. The zero-order valence-electron chi connectivity index (χ0n) is 4.54. The van der Waals surface area contributed by atoms with Gasteiger partial charge in [-0.3, -0.25) is 0 Å². The molecule has 0 spiro atoms. The number of nitriles is 1. The molecule has 0 rings (SSSR count). The van der Waals surface area contributed by atoms with E-state index in [9.17, 15) is 0 Å². The number of hydrogen-bond donors (Lipinski definition) is 3.